The van der Waals surface area contributed by atoms with Crippen LogP contribution in [0.5, 0.6) is 5.75 Å². The van der Waals surface area contributed by atoms with Crippen molar-refractivity contribution in [3.8, 4) is 5.75 Å². The van der Waals surface area contributed by atoms with Gasteiger partial charge in [-0.25, -0.2) is 4.98 Å². The molecule has 112 valence electrons. The van der Waals surface area contributed by atoms with Gasteiger partial charge in [-0.2, -0.15) is 0 Å². The van der Waals surface area contributed by atoms with Gasteiger partial charge in [0.05, 0.1) is 11.9 Å². The topological polar surface area (TPSA) is 84.4 Å². The van der Waals surface area contributed by atoms with Gasteiger partial charge in [0, 0.05) is 25.1 Å². The van der Waals surface area contributed by atoms with Crippen molar-refractivity contribution >= 4 is 23.2 Å². The zero-order valence-electron chi connectivity index (χ0n) is 12.1. The Kier molecular flexibility index (Phi) is 3.46. The number of hydrogen-bond donors (Lipinski definition) is 1. The van der Waals surface area contributed by atoms with E-state index in [1.54, 1.807) is 32.2 Å². The molecule has 7 heteroatoms. The van der Waals surface area contributed by atoms with Gasteiger partial charge in [0.1, 0.15) is 11.4 Å². The number of rotatable bonds is 2. The van der Waals surface area contributed by atoms with E-state index in [4.69, 9.17) is 4.74 Å². The highest BCUT2D eigenvalue weighted by Gasteiger charge is 2.29. The number of carbonyl (C=O) groups excluding carboxylic acids is 2. The molecule has 2 aromatic rings. The van der Waals surface area contributed by atoms with Crippen molar-refractivity contribution in [2.24, 2.45) is 0 Å². The number of amides is 2. The fraction of sp³-hybridized carbons (Fsp3) is 0.200. The van der Waals surface area contributed by atoms with E-state index in [1.807, 2.05) is 0 Å². The van der Waals surface area contributed by atoms with Crippen LogP contribution in [0.2, 0.25) is 0 Å². The van der Waals surface area contributed by atoms with Crippen LogP contribution in [-0.4, -0.2) is 34.9 Å². The number of ether oxygens (including phenoxy) is 1. The Labute approximate surface area is 126 Å². The lowest BCUT2D eigenvalue weighted by Crippen LogP contribution is -2.41. The van der Waals surface area contributed by atoms with Crippen molar-refractivity contribution < 1.29 is 14.3 Å². The molecule has 0 aliphatic carbocycles. The van der Waals surface area contributed by atoms with Gasteiger partial charge in [-0.3, -0.25) is 14.6 Å². The molecule has 2 amide bonds. The predicted octanol–water partition coefficient (Wildman–Crippen LogP) is 1.47. The smallest absolute Gasteiger partial charge is 0.275 e. The molecule has 2 heterocycles. The second-order valence-corrected chi connectivity index (χ2v) is 4.88. The molecular formula is C15H14N4O3. The van der Waals surface area contributed by atoms with Gasteiger partial charge in [0.25, 0.3) is 11.8 Å². The van der Waals surface area contributed by atoms with Crippen molar-refractivity contribution in [3.63, 3.8) is 0 Å². The minimum atomic E-state index is -0.516. The first-order chi connectivity index (χ1) is 10.6. The lowest BCUT2D eigenvalue weighted by molar-refractivity contribution is -0.125. The summed E-state index contributed by atoms with van der Waals surface area (Å²) < 4.78 is 5.53. The Morgan fingerprint density at radius 2 is 2.18 bits per heavy atom. The highest BCUT2D eigenvalue weighted by Crippen LogP contribution is 2.35. The Morgan fingerprint density at radius 1 is 1.36 bits per heavy atom. The fourth-order valence-corrected chi connectivity index (χ4v) is 2.20. The summed E-state index contributed by atoms with van der Waals surface area (Å²) in [4.78, 5) is 33.3. The van der Waals surface area contributed by atoms with Crippen LogP contribution in [0.1, 0.15) is 17.4 Å². The van der Waals surface area contributed by atoms with Crippen LogP contribution in [0.15, 0.2) is 36.8 Å². The van der Waals surface area contributed by atoms with E-state index in [0.717, 1.165) is 0 Å². The molecule has 1 atom stereocenters. The molecule has 1 N–H and O–H groups in total. The van der Waals surface area contributed by atoms with Crippen LogP contribution in [0.3, 0.4) is 0 Å². The molecule has 1 unspecified atom stereocenters. The molecular weight excluding hydrogens is 284 g/mol. The third kappa shape index (κ3) is 2.48. The summed E-state index contributed by atoms with van der Waals surface area (Å²) in [6.45, 7) is 1.70. The molecule has 1 aromatic carbocycles. The average Bonchev–Trinajstić information content (AvgIpc) is 2.54. The van der Waals surface area contributed by atoms with E-state index in [0.29, 0.717) is 17.1 Å². The number of anilines is 2. The maximum absolute atomic E-state index is 12.1. The quantitative estimate of drug-likeness (QED) is 0.907. The van der Waals surface area contributed by atoms with Crippen molar-refractivity contribution in [3.05, 3.63) is 42.5 Å². The van der Waals surface area contributed by atoms with Gasteiger partial charge in [-0.15, -0.1) is 0 Å². The molecule has 0 fully saturated rings. The molecule has 0 bridgehead atoms. The molecule has 0 saturated carbocycles. The molecule has 22 heavy (non-hydrogen) atoms. The van der Waals surface area contributed by atoms with Gasteiger partial charge < -0.3 is 15.0 Å². The number of carbonyl (C=O) groups is 2. The van der Waals surface area contributed by atoms with E-state index >= 15 is 0 Å². The number of benzene rings is 1. The number of nitrogens with one attached hydrogen (secondary N) is 1. The highest BCUT2D eigenvalue weighted by atomic mass is 16.5. The summed E-state index contributed by atoms with van der Waals surface area (Å²) in [6, 6.07) is 5.12. The third-order valence-electron chi connectivity index (χ3n) is 3.36. The first-order valence-electron chi connectivity index (χ1n) is 6.72. The van der Waals surface area contributed by atoms with Gasteiger partial charge in [-0.1, -0.05) is 0 Å². The number of hydrogen-bond acceptors (Lipinski definition) is 5. The Hall–Kier alpha value is -2.96. The first kappa shape index (κ1) is 14.0. The van der Waals surface area contributed by atoms with Crippen molar-refractivity contribution in [1.82, 2.24) is 9.97 Å². The Morgan fingerprint density at radius 3 is 2.91 bits per heavy atom. The molecule has 1 aliphatic heterocycles. The molecule has 0 saturated heterocycles. The SMILES string of the molecule is CC1Oc2ccc(NC(=O)c3cnccn3)cc2N(C)C1=O. The van der Waals surface area contributed by atoms with Crippen LogP contribution in [-0.2, 0) is 4.79 Å². The third-order valence-corrected chi connectivity index (χ3v) is 3.36. The normalized spacial score (nSPS) is 16.7. The predicted molar refractivity (Wildman–Crippen MR) is 79.9 cm³/mol. The van der Waals surface area contributed by atoms with Crippen LogP contribution in [0.25, 0.3) is 0 Å². The number of fused-ring (bicyclic) bond motifs is 1. The second kappa shape index (κ2) is 5.44. The largest absolute Gasteiger partial charge is 0.479 e. The van der Waals surface area contributed by atoms with Crippen LogP contribution >= 0.6 is 0 Å². The van der Waals surface area contributed by atoms with Gasteiger partial charge in [-0.05, 0) is 25.1 Å². The Bertz CT molecular complexity index is 733. The summed E-state index contributed by atoms with van der Waals surface area (Å²) in [7, 11) is 1.68. The van der Waals surface area contributed by atoms with Crippen molar-refractivity contribution in [2.45, 2.75) is 13.0 Å². The molecule has 1 aliphatic rings. The standard InChI is InChI=1S/C15H14N4O3/c1-9-15(21)19(2)12-7-10(3-4-13(12)22-9)18-14(20)11-8-16-5-6-17-11/h3-9H,1-2H3,(H,18,20). The van der Waals surface area contributed by atoms with Gasteiger partial charge >= 0.3 is 0 Å². The average molecular weight is 298 g/mol. The Balaban J connectivity index is 1.85. The van der Waals surface area contributed by atoms with E-state index in [2.05, 4.69) is 15.3 Å². The molecule has 3 rings (SSSR count). The van der Waals surface area contributed by atoms with Crippen LogP contribution in [0.4, 0.5) is 11.4 Å². The molecule has 0 spiro atoms. The molecule has 0 radical (unpaired) electrons. The number of aromatic nitrogens is 2. The van der Waals surface area contributed by atoms with E-state index in [9.17, 15) is 9.59 Å². The lowest BCUT2D eigenvalue weighted by Gasteiger charge is -2.30. The minimum Gasteiger partial charge on any atom is -0.479 e. The van der Waals surface area contributed by atoms with E-state index in [1.165, 1.54) is 23.5 Å². The van der Waals surface area contributed by atoms with Gasteiger partial charge in [0.2, 0.25) is 0 Å². The highest BCUT2D eigenvalue weighted by molar-refractivity contribution is 6.04. The first-order valence-corrected chi connectivity index (χ1v) is 6.72. The summed E-state index contributed by atoms with van der Waals surface area (Å²) in [5.41, 5.74) is 1.38. The molecule has 1 aromatic heterocycles. The summed E-state index contributed by atoms with van der Waals surface area (Å²) >= 11 is 0. The number of likely N-dealkylation sites (N-methyl/N-ethyl adjacent to an activating group) is 1. The van der Waals surface area contributed by atoms with Gasteiger partial charge in [0.15, 0.2) is 6.10 Å². The van der Waals surface area contributed by atoms with Crippen molar-refractivity contribution in [2.75, 3.05) is 17.3 Å². The fourth-order valence-electron chi connectivity index (χ4n) is 2.20. The zero-order chi connectivity index (χ0) is 15.7. The summed E-state index contributed by atoms with van der Waals surface area (Å²) in [6.07, 6.45) is 3.81. The summed E-state index contributed by atoms with van der Waals surface area (Å²) in [5.74, 6) is 0.101. The zero-order valence-corrected chi connectivity index (χ0v) is 12.1. The second-order valence-electron chi connectivity index (χ2n) is 4.88. The van der Waals surface area contributed by atoms with Crippen LogP contribution in [0, 0.1) is 0 Å². The van der Waals surface area contributed by atoms with E-state index in [-0.39, 0.29) is 17.5 Å². The van der Waals surface area contributed by atoms with Crippen LogP contribution < -0.4 is 15.0 Å². The number of nitrogens with zero attached hydrogens (tertiary/aromatic N) is 3. The molecule has 7 nitrogen and oxygen atoms in total. The van der Waals surface area contributed by atoms with E-state index < -0.39 is 6.10 Å². The van der Waals surface area contributed by atoms with Crippen molar-refractivity contribution in [1.29, 1.82) is 0 Å². The maximum atomic E-state index is 12.1. The summed E-state index contributed by atoms with van der Waals surface area (Å²) in [5, 5.41) is 2.72. The maximum Gasteiger partial charge on any atom is 0.275 e. The monoisotopic (exact) mass is 298 g/mol. The minimum absolute atomic E-state index is 0.134. The lowest BCUT2D eigenvalue weighted by atomic mass is 10.2.